The summed E-state index contributed by atoms with van der Waals surface area (Å²) in [6.07, 6.45) is 8.28. The molecule has 31 heavy (non-hydrogen) atoms. The molecular weight excluding hydrogens is 392 g/mol. The Hall–Kier alpha value is -3.09. The monoisotopic (exact) mass is 422 g/mol. The normalized spacial score (nSPS) is 19.1. The van der Waals surface area contributed by atoms with E-state index in [9.17, 15) is 9.59 Å². The fourth-order valence-electron chi connectivity index (χ4n) is 4.20. The van der Waals surface area contributed by atoms with Crippen LogP contribution in [0.4, 0.5) is 10.5 Å². The molecule has 1 aliphatic heterocycles. The Morgan fingerprint density at radius 1 is 1.03 bits per heavy atom. The molecule has 7 nitrogen and oxygen atoms in total. The molecule has 1 saturated carbocycles. The number of likely N-dealkylation sites (tertiary alicyclic amines) is 1. The molecular formula is C24H30N4O3. The standard InChI is InChI=1S/C24H30N4O3/c29-23(26-16-18-12-13-22(25-15-18)31-21-10-4-5-11-21)19-7-6-14-28(17-19)24(30)27-20-8-2-1-3-9-20/h1-3,8-9,12-13,15,19,21H,4-7,10-11,14,16-17H2,(H,26,29)(H,27,30). The molecule has 4 rings (SSSR count). The van der Waals surface area contributed by atoms with Crippen molar-refractivity contribution in [1.29, 1.82) is 0 Å². The molecule has 2 fully saturated rings. The number of urea groups is 1. The zero-order chi connectivity index (χ0) is 21.5. The number of pyridine rings is 1. The fourth-order valence-corrected chi connectivity index (χ4v) is 4.20. The lowest BCUT2D eigenvalue weighted by Gasteiger charge is -2.32. The number of anilines is 1. The van der Waals surface area contributed by atoms with Crippen LogP contribution in [0.25, 0.3) is 0 Å². The smallest absolute Gasteiger partial charge is 0.321 e. The zero-order valence-electron chi connectivity index (χ0n) is 17.8. The van der Waals surface area contributed by atoms with Gasteiger partial charge >= 0.3 is 6.03 Å². The van der Waals surface area contributed by atoms with Gasteiger partial charge in [-0.25, -0.2) is 9.78 Å². The number of ether oxygens (including phenoxy) is 1. The second-order valence-corrected chi connectivity index (χ2v) is 8.33. The van der Waals surface area contributed by atoms with Gasteiger partial charge in [-0.2, -0.15) is 0 Å². The number of hydrogen-bond acceptors (Lipinski definition) is 4. The average molecular weight is 423 g/mol. The lowest BCUT2D eigenvalue weighted by atomic mass is 9.97. The lowest BCUT2D eigenvalue weighted by molar-refractivity contribution is -0.126. The van der Waals surface area contributed by atoms with Crippen LogP contribution in [0.1, 0.15) is 44.1 Å². The molecule has 1 atom stereocenters. The second-order valence-electron chi connectivity index (χ2n) is 8.33. The molecule has 2 heterocycles. The number of carbonyl (C=O) groups is 2. The number of amides is 3. The first-order valence-corrected chi connectivity index (χ1v) is 11.2. The third kappa shape index (κ3) is 5.96. The minimum Gasteiger partial charge on any atom is -0.474 e. The number of piperidine rings is 1. The summed E-state index contributed by atoms with van der Waals surface area (Å²) in [5.74, 6) is 0.422. The van der Waals surface area contributed by atoms with Gasteiger partial charge in [0.2, 0.25) is 11.8 Å². The molecule has 3 amide bonds. The van der Waals surface area contributed by atoms with Gasteiger partial charge < -0.3 is 20.3 Å². The predicted molar refractivity (Wildman–Crippen MR) is 119 cm³/mol. The van der Waals surface area contributed by atoms with Gasteiger partial charge in [0.05, 0.1) is 5.92 Å². The maximum atomic E-state index is 12.7. The van der Waals surface area contributed by atoms with Crippen LogP contribution < -0.4 is 15.4 Å². The number of aromatic nitrogens is 1. The van der Waals surface area contributed by atoms with E-state index >= 15 is 0 Å². The van der Waals surface area contributed by atoms with Gasteiger partial charge in [0.1, 0.15) is 6.10 Å². The highest BCUT2D eigenvalue weighted by Crippen LogP contribution is 2.23. The largest absolute Gasteiger partial charge is 0.474 e. The van der Waals surface area contributed by atoms with Gasteiger partial charge in [0.25, 0.3) is 0 Å². The van der Waals surface area contributed by atoms with Crippen molar-refractivity contribution in [2.24, 2.45) is 5.92 Å². The molecule has 0 radical (unpaired) electrons. The summed E-state index contributed by atoms with van der Waals surface area (Å²) < 4.78 is 5.89. The summed E-state index contributed by atoms with van der Waals surface area (Å²) in [6.45, 7) is 1.51. The molecule has 1 aliphatic carbocycles. The molecule has 2 aromatic rings. The van der Waals surface area contributed by atoms with E-state index in [4.69, 9.17) is 4.74 Å². The minimum absolute atomic E-state index is 0.0245. The molecule has 1 saturated heterocycles. The summed E-state index contributed by atoms with van der Waals surface area (Å²) in [6, 6.07) is 13.0. The first-order chi connectivity index (χ1) is 15.2. The van der Waals surface area contributed by atoms with E-state index in [1.807, 2.05) is 42.5 Å². The fraction of sp³-hybridized carbons (Fsp3) is 0.458. The van der Waals surface area contributed by atoms with Crippen molar-refractivity contribution in [3.63, 3.8) is 0 Å². The van der Waals surface area contributed by atoms with Crippen molar-refractivity contribution in [1.82, 2.24) is 15.2 Å². The zero-order valence-corrected chi connectivity index (χ0v) is 17.8. The van der Waals surface area contributed by atoms with E-state index in [1.54, 1.807) is 11.1 Å². The first-order valence-electron chi connectivity index (χ1n) is 11.2. The summed E-state index contributed by atoms with van der Waals surface area (Å²) >= 11 is 0. The number of hydrogen-bond donors (Lipinski definition) is 2. The maximum absolute atomic E-state index is 12.7. The van der Waals surface area contributed by atoms with Crippen LogP contribution in [0.3, 0.4) is 0 Å². The molecule has 2 aliphatic rings. The molecule has 164 valence electrons. The highest BCUT2D eigenvalue weighted by Gasteiger charge is 2.28. The molecule has 1 aromatic carbocycles. The van der Waals surface area contributed by atoms with Crippen LogP contribution in [-0.2, 0) is 11.3 Å². The molecule has 0 bridgehead atoms. The van der Waals surface area contributed by atoms with E-state index in [0.717, 1.165) is 36.9 Å². The molecule has 0 spiro atoms. The van der Waals surface area contributed by atoms with Crippen LogP contribution in [0.5, 0.6) is 5.88 Å². The van der Waals surface area contributed by atoms with Crippen LogP contribution in [-0.4, -0.2) is 41.0 Å². The van der Waals surface area contributed by atoms with Crippen molar-refractivity contribution in [2.45, 2.75) is 51.2 Å². The van der Waals surface area contributed by atoms with Gasteiger partial charge in [-0.15, -0.1) is 0 Å². The topological polar surface area (TPSA) is 83.6 Å². The second kappa shape index (κ2) is 10.3. The third-order valence-corrected chi connectivity index (χ3v) is 5.96. The highest BCUT2D eigenvalue weighted by atomic mass is 16.5. The number of carbonyl (C=O) groups excluding carboxylic acids is 2. The minimum atomic E-state index is -0.201. The molecule has 1 aromatic heterocycles. The number of para-hydroxylation sites is 1. The summed E-state index contributed by atoms with van der Waals surface area (Å²) in [5, 5.41) is 5.89. The van der Waals surface area contributed by atoms with E-state index in [1.165, 1.54) is 12.8 Å². The van der Waals surface area contributed by atoms with Gasteiger partial charge in [0.15, 0.2) is 0 Å². The Kier molecular flexibility index (Phi) is 7.02. The third-order valence-electron chi connectivity index (χ3n) is 5.96. The Labute approximate surface area is 183 Å². The molecule has 2 N–H and O–H groups in total. The van der Waals surface area contributed by atoms with Crippen molar-refractivity contribution in [3.05, 3.63) is 54.2 Å². The Bertz CT molecular complexity index is 866. The van der Waals surface area contributed by atoms with E-state index in [-0.39, 0.29) is 24.0 Å². The Balaban J connectivity index is 1.24. The van der Waals surface area contributed by atoms with E-state index in [2.05, 4.69) is 15.6 Å². The lowest BCUT2D eigenvalue weighted by Crippen LogP contribution is -2.46. The van der Waals surface area contributed by atoms with E-state index < -0.39 is 0 Å². The van der Waals surface area contributed by atoms with Crippen molar-refractivity contribution < 1.29 is 14.3 Å². The summed E-state index contributed by atoms with van der Waals surface area (Å²) in [5.41, 5.74) is 1.69. The molecule has 7 heteroatoms. The predicted octanol–water partition coefficient (Wildman–Crippen LogP) is 3.96. The first kappa shape index (κ1) is 21.2. The highest BCUT2D eigenvalue weighted by molar-refractivity contribution is 5.90. The number of nitrogens with zero attached hydrogens (tertiary/aromatic N) is 2. The van der Waals surface area contributed by atoms with Crippen molar-refractivity contribution in [3.8, 4) is 5.88 Å². The van der Waals surface area contributed by atoms with Gasteiger partial charge in [-0.3, -0.25) is 4.79 Å². The van der Waals surface area contributed by atoms with Crippen LogP contribution in [0, 0.1) is 5.92 Å². The van der Waals surface area contributed by atoms with Crippen LogP contribution in [0.2, 0.25) is 0 Å². The Morgan fingerprint density at radius 2 is 1.84 bits per heavy atom. The number of nitrogens with one attached hydrogen (secondary N) is 2. The SMILES string of the molecule is O=C(NCc1ccc(OC2CCCC2)nc1)C1CCCN(C(=O)Nc2ccccc2)C1. The Morgan fingerprint density at radius 3 is 2.58 bits per heavy atom. The number of rotatable bonds is 6. The van der Waals surface area contributed by atoms with Crippen LogP contribution in [0.15, 0.2) is 48.7 Å². The van der Waals surface area contributed by atoms with Gasteiger partial charge in [-0.1, -0.05) is 24.3 Å². The van der Waals surface area contributed by atoms with Crippen molar-refractivity contribution in [2.75, 3.05) is 18.4 Å². The summed E-state index contributed by atoms with van der Waals surface area (Å²) in [4.78, 5) is 31.3. The van der Waals surface area contributed by atoms with E-state index in [0.29, 0.717) is 25.5 Å². The van der Waals surface area contributed by atoms with Crippen molar-refractivity contribution >= 4 is 17.6 Å². The number of benzene rings is 1. The van der Waals surface area contributed by atoms with Gasteiger partial charge in [-0.05, 0) is 56.2 Å². The molecule has 1 unspecified atom stereocenters. The van der Waals surface area contributed by atoms with Crippen LogP contribution >= 0.6 is 0 Å². The summed E-state index contributed by atoms with van der Waals surface area (Å²) in [7, 11) is 0. The maximum Gasteiger partial charge on any atom is 0.321 e. The van der Waals surface area contributed by atoms with Gasteiger partial charge in [0, 0.05) is 37.6 Å². The quantitative estimate of drug-likeness (QED) is 0.738. The average Bonchev–Trinajstić information content (AvgIpc) is 3.32.